The molecule has 0 bridgehead atoms. The van der Waals surface area contributed by atoms with Crippen molar-refractivity contribution in [2.75, 3.05) is 18.0 Å². The normalized spacial score (nSPS) is 17.3. The lowest BCUT2D eigenvalue weighted by molar-refractivity contribution is 0.534. The largest absolute Gasteiger partial charge is 0.356 e. The van der Waals surface area contributed by atoms with Crippen LogP contribution in [0.4, 0.5) is 5.82 Å². The lowest BCUT2D eigenvalue weighted by atomic mass is 9.96. The van der Waals surface area contributed by atoms with E-state index in [1.807, 2.05) is 6.07 Å². The molecule has 1 fully saturated rings. The van der Waals surface area contributed by atoms with Crippen LogP contribution in [0.5, 0.6) is 0 Å². The van der Waals surface area contributed by atoms with E-state index >= 15 is 0 Å². The quantitative estimate of drug-likeness (QED) is 0.743. The van der Waals surface area contributed by atoms with E-state index in [0.717, 1.165) is 29.3 Å². The van der Waals surface area contributed by atoms with Gasteiger partial charge in [-0.25, -0.2) is 9.97 Å². The van der Waals surface area contributed by atoms with Gasteiger partial charge in [0.05, 0.1) is 0 Å². The zero-order valence-electron chi connectivity index (χ0n) is 10.8. The maximum Gasteiger partial charge on any atom is 0.137 e. The van der Waals surface area contributed by atoms with Crippen LogP contribution in [0.2, 0.25) is 0 Å². The highest BCUT2D eigenvalue weighted by Crippen LogP contribution is 2.25. The van der Waals surface area contributed by atoms with E-state index in [0.29, 0.717) is 0 Å². The van der Waals surface area contributed by atoms with Gasteiger partial charge in [0, 0.05) is 24.6 Å². The number of anilines is 1. The predicted molar refractivity (Wildman–Crippen MR) is 74.5 cm³/mol. The molecule has 0 unspecified atom stereocenters. The van der Waals surface area contributed by atoms with Gasteiger partial charge in [-0.15, -0.1) is 0 Å². The van der Waals surface area contributed by atoms with Crippen molar-refractivity contribution >= 4 is 21.7 Å². The molecule has 94 valence electrons. The molecule has 0 radical (unpaired) electrons. The van der Waals surface area contributed by atoms with Gasteiger partial charge in [0.2, 0.25) is 0 Å². The zero-order valence-corrected chi connectivity index (χ0v) is 12.4. The summed E-state index contributed by atoms with van der Waals surface area (Å²) in [4.78, 5) is 11.6. The second kappa shape index (κ2) is 4.92. The van der Waals surface area contributed by atoms with Gasteiger partial charge in [-0.3, -0.25) is 0 Å². The lowest BCUT2D eigenvalue weighted by Crippen LogP contribution is -2.31. The first kappa shape index (κ1) is 12.8. The molecule has 1 saturated heterocycles. The van der Waals surface area contributed by atoms with Crippen molar-refractivity contribution in [3.63, 3.8) is 0 Å². The summed E-state index contributed by atoms with van der Waals surface area (Å²) in [5, 5.41) is 0. The molecular weight excluding hydrogens is 278 g/mol. The molecule has 1 aliphatic heterocycles. The SMILES string of the molecule is CC(C)(C)c1nc(Br)cc(N2CCCCC2)n1. The fourth-order valence-corrected chi connectivity index (χ4v) is 2.40. The summed E-state index contributed by atoms with van der Waals surface area (Å²) in [6.07, 6.45) is 3.88. The molecular formula is C13H20BrN3. The standard InChI is InChI=1S/C13H20BrN3/c1-13(2,3)12-15-10(14)9-11(16-12)17-7-5-4-6-8-17/h9H,4-8H2,1-3H3. The van der Waals surface area contributed by atoms with Crippen LogP contribution in [0.1, 0.15) is 45.9 Å². The van der Waals surface area contributed by atoms with Gasteiger partial charge in [0.25, 0.3) is 0 Å². The van der Waals surface area contributed by atoms with Gasteiger partial charge in [-0.05, 0) is 35.2 Å². The third-order valence-corrected chi connectivity index (χ3v) is 3.44. The van der Waals surface area contributed by atoms with Crippen LogP contribution in [0.3, 0.4) is 0 Å². The van der Waals surface area contributed by atoms with E-state index in [9.17, 15) is 0 Å². The Labute approximate surface area is 112 Å². The Hall–Kier alpha value is -0.640. The number of hydrogen-bond acceptors (Lipinski definition) is 3. The van der Waals surface area contributed by atoms with E-state index < -0.39 is 0 Å². The highest BCUT2D eigenvalue weighted by molar-refractivity contribution is 9.10. The lowest BCUT2D eigenvalue weighted by Gasteiger charge is -2.29. The van der Waals surface area contributed by atoms with Crippen molar-refractivity contribution in [3.8, 4) is 0 Å². The van der Waals surface area contributed by atoms with Crippen molar-refractivity contribution in [2.45, 2.75) is 45.4 Å². The minimum absolute atomic E-state index is 0.00564. The van der Waals surface area contributed by atoms with Gasteiger partial charge >= 0.3 is 0 Å². The van der Waals surface area contributed by atoms with Crippen LogP contribution in [-0.2, 0) is 5.41 Å². The summed E-state index contributed by atoms with van der Waals surface area (Å²) >= 11 is 3.49. The van der Waals surface area contributed by atoms with E-state index in [1.54, 1.807) is 0 Å². The van der Waals surface area contributed by atoms with Crippen LogP contribution < -0.4 is 4.90 Å². The molecule has 0 N–H and O–H groups in total. The number of rotatable bonds is 1. The monoisotopic (exact) mass is 297 g/mol. The Balaban J connectivity index is 2.31. The molecule has 1 aromatic rings. The average molecular weight is 298 g/mol. The number of halogens is 1. The Morgan fingerprint density at radius 3 is 2.35 bits per heavy atom. The van der Waals surface area contributed by atoms with Crippen molar-refractivity contribution in [3.05, 3.63) is 16.5 Å². The number of nitrogens with zero attached hydrogens (tertiary/aromatic N) is 3. The maximum absolute atomic E-state index is 4.71. The molecule has 0 atom stereocenters. The van der Waals surface area contributed by atoms with Gasteiger partial charge in [-0.2, -0.15) is 0 Å². The highest BCUT2D eigenvalue weighted by Gasteiger charge is 2.21. The van der Waals surface area contributed by atoms with Crippen LogP contribution in [0, 0.1) is 0 Å². The molecule has 0 aliphatic carbocycles. The second-order valence-electron chi connectivity index (χ2n) is 5.67. The molecule has 2 heterocycles. The summed E-state index contributed by atoms with van der Waals surface area (Å²) in [5.74, 6) is 1.98. The molecule has 4 heteroatoms. The summed E-state index contributed by atoms with van der Waals surface area (Å²) in [5.41, 5.74) is -0.00564. The second-order valence-corrected chi connectivity index (χ2v) is 6.48. The van der Waals surface area contributed by atoms with Gasteiger partial charge in [0.15, 0.2) is 0 Å². The highest BCUT2D eigenvalue weighted by atomic mass is 79.9. The minimum atomic E-state index is -0.00564. The van der Waals surface area contributed by atoms with Gasteiger partial charge in [-0.1, -0.05) is 20.8 Å². The van der Waals surface area contributed by atoms with Crippen molar-refractivity contribution in [1.82, 2.24) is 9.97 Å². The third kappa shape index (κ3) is 3.18. The summed E-state index contributed by atoms with van der Waals surface area (Å²) in [6.45, 7) is 8.68. The first-order valence-corrected chi connectivity index (χ1v) is 7.06. The Morgan fingerprint density at radius 1 is 1.12 bits per heavy atom. The molecule has 17 heavy (non-hydrogen) atoms. The van der Waals surface area contributed by atoms with Crippen LogP contribution in [0.25, 0.3) is 0 Å². The molecule has 0 amide bonds. The first-order valence-electron chi connectivity index (χ1n) is 6.27. The first-order chi connectivity index (χ1) is 7.97. The maximum atomic E-state index is 4.71. The number of aromatic nitrogens is 2. The molecule has 0 saturated carbocycles. The zero-order chi connectivity index (χ0) is 12.5. The Bertz CT molecular complexity index is 392. The van der Waals surface area contributed by atoms with E-state index in [1.165, 1.54) is 19.3 Å². The third-order valence-electron chi connectivity index (χ3n) is 3.03. The summed E-state index contributed by atoms with van der Waals surface area (Å²) < 4.78 is 0.887. The molecule has 0 aromatic carbocycles. The molecule has 3 nitrogen and oxygen atoms in total. The number of hydrogen-bond donors (Lipinski definition) is 0. The van der Waals surface area contributed by atoms with Gasteiger partial charge < -0.3 is 4.90 Å². The summed E-state index contributed by atoms with van der Waals surface area (Å²) in [7, 11) is 0. The Morgan fingerprint density at radius 2 is 1.76 bits per heavy atom. The van der Waals surface area contributed by atoms with Crippen molar-refractivity contribution in [2.24, 2.45) is 0 Å². The molecule has 1 aliphatic rings. The van der Waals surface area contributed by atoms with Gasteiger partial charge in [0.1, 0.15) is 16.2 Å². The minimum Gasteiger partial charge on any atom is -0.356 e. The van der Waals surface area contributed by atoms with Crippen LogP contribution >= 0.6 is 15.9 Å². The topological polar surface area (TPSA) is 29.0 Å². The molecule has 0 spiro atoms. The average Bonchev–Trinajstić information content (AvgIpc) is 2.28. The van der Waals surface area contributed by atoms with E-state index in [4.69, 9.17) is 4.98 Å². The van der Waals surface area contributed by atoms with Crippen LogP contribution in [-0.4, -0.2) is 23.1 Å². The van der Waals surface area contributed by atoms with Crippen molar-refractivity contribution < 1.29 is 0 Å². The fourth-order valence-electron chi connectivity index (χ4n) is 2.03. The smallest absolute Gasteiger partial charge is 0.137 e. The van der Waals surface area contributed by atoms with E-state index in [-0.39, 0.29) is 5.41 Å². The predicted octanol–water partition coefficient (Wildman–Crippen LogP) is 3.53. The number of piperidine rings is 1. The van der Waals surface area contributed by atoms with Crippen molar-refractivity contribution in [1.29, 1.82) is 0 Å². The Kier molecular flexibility index (Phi) is 3.71. The van der Waals surface area contributed by atoms with E-state index in [2.05, 4.69) is 46.6 Å². The summed E-state index contributed by atoms with van der Waals surface area (Å²) in [6, 6.07) is 2.03. The molecule has 2 rings (SSSR count). The van der Waals surface area contributed by atoms with Crippen LogP contribution in [0.15, 0.2) is 10.7 Å². The fraction of sp³-hybridized carbons (Fsp3) is 0.692. The molecule has 1 aromatic heterocycles.